The fourth-order valence-corrected chi connectivity index (χ4v) is 2.66. The number of carbonyl (C=O) groups excluding carboxylic acids is 1. The van der Waals surface area contributed by atoms with Crippen LogP contribution in [0.5, 0.6) is 0 Å². The molecule has 0 aliphatic carbocycles. The summed E-state index contributed by atoms with van der Waals surface area (Å²) in [6.45, 7) is 2.40. The number of aryl methyl sites for hydroxylation is 1. The van der Waals surface area contributed by atoms with Crippen molar-refractivity contribution in [2.24, 2.45) is 0 Å². The molecule has 0 unspecified atom stereocenters. The number of likely N-dealkylation sites (tertiary alicyclic amines) is 1. The van der Waals surface area contributed by atoms with Crippen LogP contribution in [0.1, 0.15) is 47.3 Å². The van der Waals surface area contributed by atoms with Gasteiger partial charge in [-0.25, -0.2) is 9.37 Å². The Morgan fingerprint density at radius 1 is 1.48 bits per heavy atom. The lowest BCUT2D eigenvalue weighted by molar-refractivity contribution is 0.0595. The summed E-state index contributed by atoms with van der Waals surface area (Å²) in [4.78, 5) is 22.3. The van der Waals surface area contributed by atoms with Crippen LogP contribution in [0.3, 0.4) is 0 Å². The average molecular weight is 289 g/mol. The monoisotopic (exact) mass is 289 g/mol. The molecule has 0 bridgehead atoms. The molecule has 0 spiro atoms. The summed E-state index contributed by atoms with van der Waals surface area (Å²) in [6.07, 6.45) is 5.17. The van der Waals surface area contributed by atoms with Crippen molar-refractivity contribution < 1.29 is 9.18 Å². The van der Waals surface area contributed by atoms with Crippen molar-refractivity contribution in [1.29, 1.82) is 0 Å². The predicted molar refractivity (Wildman–Crippen MR) is 72.9 cm³/mol. The first kappa shape index (κ1) is 13.7. The first-order valence-corrected chi connectivity index (χ1v) is 6.96. The zero-order valence-electron chi connectivity index (χ0n) is 11.7. The number of aromatic nitrogens is 4. The van der Waals surface area contributed by atoms with E-state index in [1.54, 1.807) is 4.90 Å². The molecular formula is C14H16FN5O. The second kappa shape index (κ2) is 5.59. The molecule has 3 rings (SSSR count). The number of nitrogens with one attached hydrogen (secondary N) is 1. The van der Waals surface area contributed by atoms with E-state index in [0.717, 1.165) is 25.5 Å². The van der Waals surface area contributed by atoms with Crippen LogP contribution in [0.4, 0.5) is 4.39 Å². The molecule has 2 aromatic heterocycles. The van der Waals surface area contributed by atoms with E-state index in [9.17, 15) is 9.18 Å². The van der Waals surface area contributed by atoms with Gasteiger partial charge in [-0.05, 0) is 32.3 Å². The third kappa shape index (κ3) is 2.63. The van der Waals surface area contributed by atoms with Crippen LogP contribution in [-0.4, -0.2) is 37.5 Å². The van der Waals surface area contributed by atoms with Gasteiger partial charge in [-0.2, -0.15) is 5.10 Å². The fraction of sp³-hybridized carbons (Fsp3) is 0.429. The van der Waals surface area contributed by atoms with Gasteiger partial charge in [0.2, 0.25) is 0 Å². The van der Waals surface area contributed by atoms with E-state index in [1.165, 1.54) is 12.3 Å². The van der Waals surface area contributed by atoms with Gasteiger partial charge in [0.15, 0.2) is 11.6 Å². The summed E-state index contributed by atoms with van der Waals surface area (Å²) in [5, 5.41) is 6.95. The van der Waals surface area contributed by atoms with E-state index in [-0.39, 0.29) is 17.5 Å². The lowest BCUT2D eigenvalue weighted by atomic mass is 10.0. The smallest absolute Gasteiger partial charge is 0.257 e. The summed E-state index contributed by atoms with van der Waals surface area (Å²) in [5.74, 6) is 0.369. The lowest BCUT2D eigenvalue weighted by Crippen LogP contribution is -2.39. The Hall–Kier alpha value is -2.31. The van der Waals surface area contributed by atoms with Gasteiger partial charge in [-0.3, -0.25) is 14.9 Å². The zero-order chi connectivity index (χ0) is 14.8. The number of carbonyl (C=O) groups is 1. The SMILES string of the molecule is Cc1nc([C@H]2CCCCN2C(=O)c2ccncc2F)n[nH]1. The molecule has 1 amide bonds. The molecule has 0 aromatic carbocycles. The van der Waals surface area contributed by atoms with E-state index in [0.29, 0.717) is 18.2 Å². The molecule has 3 heterocycles. The molecule has 1 atom stereocenters. The second-order valence-corrected chi connectivity index (χ2v) is 5.14. The molecule has 0 radical (unpaired) electrons. The molecule has 2 aromatic rings. The number of amides is 1. The molecule has 110 valence electrons. The van der Waals surface area contributed by atoms with Crippen molar-refractivity contribution in [3.63, 3.8) is 0 Å². The van der Waals surface area contributed by atoms with Crippen LogP contribution >= 0.6 is 0 Å². The van der Waals surface area contributed by atoms with Crippen molar-refractivity contribution in [3.8, 4) is 0 Å². The van der Waals surface area contributed by atoms with Gasteiger partial charge in [0.1, 0.15) is 5.82 Å². The van der Waals surface area contributed by atoms with Crippen molar-refractivity contribution in [2.75, 3.05) is 6.54 Å². The number of nitrogens with zero attached hydrogens (tertiary/aromatic N) is 4. The first-order chi connectivity index (χ1) is 10.2. The Balaban J connectivity index is 1.91. The summed E-state index contributed by atoms with van der Waals surface area (Å²) in [5.41, 5.74) is 0.0455. The van der Waals surface area contributed by atoms with Gasteiger partial charge in [0, 0.05) is 12.7 Å². The van der Waals surface area contributed by atoms with Crippen LogP contribution in [0.2, 0.25) is 0 Å². The largest absolute Gasteiger partial charge is 0.328 e. The van der Waals surface area contributed by atoms with Gasteiger partial charge in [0.05, 0.1) is 17.8 Å². The van der Waals surface area contributed by atoms with E-state index in [4.69, 9.17) is 0 Å². The molecule has 1 N–H and O–H groups in total. The Kier molecular flexibility index (Phi) is 3.64. The van der Waals surface area contributed by atoms with Crippen molar-refractivity contribution in [1.82, 2.24) is 25.1 Å². The zero-order valence-corrected chi connectivity index (χ0v) is 11.7. The van der Waals surface area contributed by atoms with Crippen LogP contribution in [-0.2, 0) is 0 Å². The van der Waals surface area contributed by atoms with Crippen molar-refractivity contribution >= 4 is 5.91 Å². The highest BCUT2D eigenvalue weighted by molar-refractivity contribution is 5.94. The number of aromatic amines is 1. The van der Waals surface area contributed by atoms with Crippen molar-refractivity contribution in [2.45, 2.75) is 32.2 Å². The minimum absolute atomic E-state index is 0.0455. The number of H-pyrrole nitrogens is 1. The summed E-state index contributed by atoms with van der Waals surface area (Å²) in [7, 11) is 0. The van der Waals surface area contributed by atoms with Gasteiger partial charge >= 0.3 is 0 Å². The molecule has 1 aliphatic rings. The highest BCUT2D eigenvalue weighted by atomic mass is 19.1. The Bertz CT molecular complexity index is 656. The maximum Gasteiger partial charge on any atom is 0.257 e. The third-order valence-corrected chi connectivity index (χ3v) is 3.68. The highest BCUT2D eigenvalue weighted by Crippen LogP contribution is 2.30. The Labute approximate surface area is 121 Å². The molecular weight excluding hydrogens is 273 g/mol. The van der Waals surface area contributed by atoms with Crippen LogP contribution < -0.4 is 0 Å². The van der Waals surface area contributed by atoms with Gasteiger partial charge in [-0.15, -0.1) is 0 Å². The van der Waals surface area contributed by atoms with Crippen LogP contribution in [0.15, 0.2) is 18.5 Å². The number of rotatable bonds is 2. The average Bonchev–Trinajstić information content (AvgIpc) is 2.93. The molecule has 21 heavy (non-hydrogen) atoms. The van der Waals surface area contributed by atoms with Crippen molar-refractivity contribution in [3.05, 3.63) is 41.5 Å². The molecule has 1 fully saturated rings. The van der Waals surface area contributed by atoms with Gasteiger partial charge < -0.3 is 4.90 Å². The van der Waals surface area contributed by atoms with E-state index in [1.807, 2.05) is 6.92 Å². The van der Waals surface area contributed by atoms with Crippen LogP contribution in [0.25, 0.3) is 0 Å². The minimum atomic E-state index is -0.599. The molecule has 7 heteroatoms. The van der Waals surface area contributed by atoms with Gasteiger partial charge in [0.25, 0.3) is 5.91 Å². The third-order valence-electron chi connectivity index (χ3n) is 3.68. The number of halogens is 1. The molecule has 6 nitrogen and oxygen atoms in total. The predicted octanol–water partition coefficient (Wildman–Crippen LogP) is 2.01. The Morgan fingerprint density at radius 3 is 3.05 bits per heavy atom. The summed E-state index contributed by atoms with van der Waals surface area (Å²) in [6, 6.07) is 1.20. The lowest BCUT2D eigenvalue weighted by Gasteiger charge is -2.34. The standard InChI is InChI=1S/C14H16FN5O/c1-9-17-13(19-18-9)12-4-2-3-7-20(12)14(21)10-5-6-16-8-11(10)15/h5-6,8,12H,2-4,7H2,1H3,(H,17,18,19)/t12-/m1/s1. The normalized spacial score (nSPS) is 18.8. The van der Waals surface area contributed by atoms with E-state index in [2.05, 4.69) is 20.2 Å². The Morgan fingerprint density at radius 2 is 2.33 bits per heavy atom. The molecule has 0 saturated carbocycles. The number of pyridine rings is 1. The molecule has 1 aliphatic heterocycles. The highest BCUT2D eigenvalue weighted by Gasteiger charge is 2.32. The second-order valence-electron chi connectivity index (χ2n) is 5.14. The van der Waals surface area contributed by atoms with Crippen LogP contribution in [0, 0.1) is 12.7 Å². The van der Waals surface area contributed by atoms with E-state index >= 15 is 0 Å². The summed E-state index contributed by atoms with van der Waals surface area (Å²) < 4.78 is 13.8. The number of hydrogen-bond donors (Lipinski definition) is 1. The fourth-order valence-electron chi connectivity index (χ4n) is 2.66. The maximum atomic E-state index is 13.8. The van der Waals surface area contributed by atoms with Gasteiger partial charge in [-0.1, -0.05) is 0 Å². The number of piperidine rings is 1. The van der Waals surface area contributed by atoms with E-state index < -0.39 is 5.82 Å². The topological polar surface area (TPSA) is 74.8 Å². The maximum absolute atomic E-state index is 13.8. The number of hydrogen-bond acceptors (Lipinski definition) is 4. The first-order valence-electron chi connectivity index (χ1n) is 6.96. The summed E-state index contributed by atoms with van der Waals surface area (Å²) >= 11 is 0. The quantitative estimate of drug-likeness (QED) is 0.917. The molecule has 1 saturated heterocycles. The minimum Gasteiger partial charge on any atom is -0.328 e.